The zero-order valence-electron chi connectivity index (χ0n) is 34.2. The van der Waals surface area contributed by atoms with Crippen LogP contribution < -0.4 is 0 Å². The molecule has 0 atom stereocenters. The zero-order valence-corrected chi connectivity index (χ0v) is 34.2. The van der Waals surface area contributed by atoms with E-state index in [4.69, 9.17) is 21.5 Å². The van der Waals surface area contributed by atoms with Crippen LogP contribution in [0.5, 0.6) is 0 Å². The van der Waals surface area contributed by atoms with Crippen molar-refractivity contribution >= 4 is 5.69 Å². The van der Waals surface area contributed by atoms with Gasteiger partial charge >= 0.3 is 0 Å². The second-order valence-electron chi connectivity index (χ2n) is 15.9. The van der Waals surface area contributed by atoms with E-state index in [1.54, 1.807) is 0 Å². The maximum atomic E-state index is 7.94. The summed E-state index contributed by atoms with van der Waals surface area (Å²) in [6.45, 7) is 7.94. The molecule has 1 aliphatic carbocycles. The summed E-state index contributed by atoms with van der Waals surface area (Å²) in [4.78, 5) is 19.3. The SMILES string of the molecule is [C-]#[N+]c1ccc2c(c1)C(c1ccccc1)(c1ccccc1)c1ccc(-c3ccc(-c4nc(-c5ccccc5)nc(-c5cc(-c6ccccc6)cc(-c6ccccc6)c5)n4)cc3)cc1-2. The lowest BCUT2D eigenvalue weighted by atomic mass is 9.67. The highest BCUT2D eigenvalue weighted by Gasteiger charge is 2.46. The van der Waals surface area contributed by atoms with Crippen LogP contribution in [0.3, 0.4) is 0 Å². The quantitative estimate of drug-likeness (QED) is 0.144. The molecule has 0 spiro atoms. The molecule has 4 nitrogen and oxygen atoms in total. The van der Waals surface area contributed by atoms with E-state index in [1.165, 1.54) is 16.7 Å². The number of fused-ring (bicyclic) bond motifs is 3. The molecule has 63 heavy (non-hydrogen) atoms. The van der Waals surface area contributed by atoms with Crippen molar-refractivity contribution in [3.63, 3.8) is 0 Å². The van der Waals surface area contributed by atoms with Gasteiger partial charge in [-0.3, -0.25) is 0 Å². The molecule has 0 N–H and O–H groups in total. The molecule has 4 heteroatoms. The summed E-state index contributed by atoms with van der Waals surface area (Å²) < 4.78 is 0. The van der Waals surface area contributed by atoms with Crippen LogP contribution in [0.4, 0.5) is 5.69 Å². The number of nitrogens with zero attached hydrogens (tertiary/aromatic N) is 4. The van der Waals surface area contributed by atoms with Crippen LogP contribution >= 0.6 is 0 Å². The first-order chi connectivity index (χ1) is 31.2. The van der Waals surface area contributed by atoms with E-state index in [0.717, 1.165) is 66.8 Å². The molecule has 0 saturated heterocycles. The van der Waals surface area contributed by atoms with Gasteiger partial charge in [0.05, 0.1) is 12.0 Å². The van der Waals surface area contributed by atoms with Crippen molar-refractivity contribution in [2.45, 2.75) is 5.41 Å². The maximum Gasteiger partial charge on any atom is 0.187 e. The highest BCUT2D eigenvalue weighted by atomic mass is 15.0. The van der Waals surface area contributed by atoms with E-state index < -0.39 is 5.41 Å². The highest BCUT2D eigenvalue weighted by molar-refractivity contribution is 5.90. The number of rotatable bonds is 8. The lowest BCUT2D eigenvalue weighted by Crippen LogP contribution is -2.28. The maximum absolute atomic E-state index is 7.94. The number of benzene rings is 9. The van der Waals surface area contributed by atoms with Crippen LogP contribution in [0.2, 0.25) is 0 Å². The first kappa shape index (κ1) is 37.5. The lowest BCUT2D eigenvalue weighted by molar-refractivity contribution is 0.769. The van der Waals surface area contributed by atoms with Crippen molar-refractivity contribution in [3.8, 4) is 78.7 Å². The van der Waals surface area contributed by atoms with Gasteiger partial charge in [-0.25, -0.2) is 19.8 Å². The van der Waals surface area contributed by atoms with Gasteiger partial charge in [-0.1, -0.05) is 206 Å². The van der Waals surface area contributed by atoms with E-state index in [-0.39, 0.29) is 0 Å². The minimum Gasteiger partial charge on any atom is -0.238 e. The van der Waals surface area contributed by atoms with Crippen LogP contribution in [-0.4, -0.2) is 15.0 Å². The summed E-state index contributed by atoms with van der Waals surface area (Å²) in [5, 5.41) is 0. The first-order valence-electron chi connectivity index (χ1n) is 21.1. The zero-order chi connectivity index (χ0) is 42.2. The van der Waals surface area contributed by atoms with Crippen LogP contribution in [0.15, 0.2) is 231 Å². The third-order valence-electron chi connectivity index (χ3n) is 12.2. The smallest absolute Gasteiger partial charge is 0.187 e. The topological polar surface area (TPSA) is 43.0 Å². The number of aromatic nitrogens is 3. The largest absolute Gasteiger partial charge is 0.238 e. The fourth-order valence-corrected chi connectivity index (χ4v) is 9.24. The van der Waals surface area contributed by atoms with Gasteiger partial charge in [0.1, 0.15) is 0 Å². The molecule has 1 aromatic heterocycles. The first-order valence-corrected chi connectivity index (χ1v) is 21.1. The average Bonchev–Trinajstić information content (AvgIpc) is 3.67. The van der Waals surface area contributed by atoms with E-state index in [2.05, 4.69) is 187 Å². The third kappa shape index (κ3) is 6.70. The summed E-state index contributed by atoms with van der Waals surface area (Å²) in [5.41, 5.74) is 16.4. The molecule has 0 fully saturated rings. The Balaban J connectivity index is 1.03. The second-order valence-corrected chi connectivity index (χ2v) is 15.9. The van der Waals surface area contributed by atoms with Gasteiger partial charge in [0, 0.05) is 16.7 Å². The van der Waals surface area contributed by atoms with Crippen molar-refractivity contribution in [3.05, 3.63) is 264 Å². The Hall–Kier alpha value is -8.52. The van der Waals surface area contributed by atoms with Crippen molar-refractivity contribution in [1.29, 1.82) is 0 Å². The molecule has 0 radical (unpaired) electrons. The van der Waals surface area contributed by atoms with E-state index in [9.17, 15) is 0 Å². The van der Waals surface area contributed by atoms with E-state index in [0.29, 0.717) is 23.2 Å². The minimum absolute atomic E-state index is 0.578. The summed E-state index contributed by atoms with van der Waals surface area (Å²) in [6.07, 6.45) is 0. The molecule has 294 valence electrons. The molecule has 1 aliphatic rings. The van der Waals surface area contributed by atoms with Gasteiger partial charge in [0.2, 0.25) is 0 Å². The van der Waals surface area contributed by atoms with Crippen molar-refractivity contribution < 1.29 is 0 Å². The highest BCUT2D eigenvalue weighted by Crippen LogP contribution is 2.57. The predicted molar refractivity (Wildman–Crippen MR) is 256 cm³/mol. The molecular weight excluding hydrogens is 765 g/mol. The van der Waals surface area contributed by atoms with Crippen LogP contribution in [0.25, 0.3) is 83.5 Å². The Morgan fingerprint density at radius 2 is 0.714 bits per heavy atom. The molecule has 0 saturated carbocycles. The van der Waals surface area contributed by atoms with Crippen molar-refractivity contribution in [1.82, 2.24) is 15.0 Å². The Labute approximate surface area is 367 Å². The molecule has 1 heterocycles. The van der Waals surface area contributed by atoms with Gasteiger partial charge < -0.3 is 0 Å². The molecule has 0 unspecified atom stereocenters. The lowest BCUT2D eigenvalue weighted by Gasteiger charge is -2.34. The Morgan fingerprint density at radius 3 is 1.24 bits per heavy atom. The predicted octanol–water partition coefficient (Wildman–Crippen LogP) is 14.8. The molecule has 0 bridgehead atoms. The van der Waals surface area contributed by atoms with Crippen molar-refractivity contribution in [2.75, 3.05) is 0 Å². The standard InChI is InChI=1S/C59H38N4/c1-60-51-32-33-52-53-38-45(31-34-54(53)59(55(52)39-51,49-23-13-5-14-24-49)50-25-15-6-16-26-50)42-27-29-44(30-28-42)57-61-56(43-21-11-4-12-22-43)62-58(63-57)48-36-46(40-17-7-2-8-18-40)35-47(37-48)41-19-9-3-10-20-41/h2-39H. The third-order valence-corrected chi connectivity index (χ3v) is 12.2. The van der Waals surface area contributed by atoms with E-state index >= 15 is 0 Å². The summed E-state index contributed by atoms with van der Waals surface area (Å²) >= 11 is 0. The van der Waals surface area contributed by atoms with Crippen LogP contribution in [0.1, 0.15) is 22.3 Å². The fourth-order valence-electron chi connectivity index (χ4n) is 9.24. The fraction of sp³-hybridized carbons (Fsp3) is 0.0169. The Bertz CT molecular complexity index is 3210. The molecule has 0 amide bonds. The van der Waals surface area contributed by atoms with Crippen molar-refractivity contribution in [2.24, 2.45) is 0 Å². The van der Waals surface area contributed by atoms with Gasteiger partial charge in [-0.2, -0.15) is 0 Å². The van der Waals surface area contributed by atoms with E-state index in [1.807, 2.05) is 48.5 Å². The van der Waals surface area contributed by atoms with Gasteiger partial charge in [0.15, 0.2) is 23.2 Å². The monoisotopic (exact) mass is 802 g/mol. The van der Waals surface area contributed by atoms with Crippen LogP contribution in [0, 0.1) is 6.57 Å². The Morgan fingerprint density at radius 1 is 0.302 bits per heavy atom. The van der Waals surface area contributed by atoms with Gasteiger partial charge in [-0.15, -0.1) is 0 Å². The van der Waals surface area contributed by atoms with Gasteiger partial charge in [-0.05, 0) is 91.0 Å². The molecule has 0 aliphatic heterocycles. The molecule has 9 aromatic carbocycles. The number of hydrogen-bond acceptors (Lipinski definition) is 3. The summed E-state index contributed by atoms with van der Waals surface area (Å²) in [5.74, 6) is 1.83. The average molecular weight is 803 g/mol. The summed E-state index contributed by atoms with van der Waals surface area (Å²) in [7, 11) is 0. The number of hydrogen-bond donors (Lipinski definition) is 0. The second kappa shape index (κ2) is 15.8. The van der Waals surface area contributed by atoms with Gasteiger partial charge in [0.25, 0.3) is 0 Å². The molecular formula is C59H38N4. The minimum atomic E-state index is -0.578. The molecule has 11 rings (SSSR count). The molecule has 10 aromatic rings. The normalized spacial score (nSPS) is 12.2. The Kier molecular flexibility index (Phi) is 9.41. The van der Waals surface area contributed by atoms with Crippen LogP contribution in [-0.2, 0) is 5.41 Å². The summed E-state index contributed by atoms with van der Waals surface area (Å²) in [6, 6.07) is 80.5.